The molecule has 1 aromatic carbocycles. The third kappa shape index (κ3) is 3.41. The summed E-state index contributed by atoms with van der Waals surface area (Å²) in [7, 11) is 1.90. The smallest absolute Gasteiger partial charge is 0.243 e. The number of aromatic nitrogens is 2. The Hall–Kier alpha value is -1.93. The van der Waals surface area contributed by atoms with Crippen LogP contribution >= 0.6 is 0 Å². The zero-order valence-electron chi connectivity index (χ0n) is 14.9. The van der Waals surface area contributed by atoms with Crippen LogP contribution in [0.3, 0.4) is 0 Å². The fourth-order valence-corrected chi connectivity index (χ4v) is 4.67. The van der Waals surface area contributed by atoms with Crippen molar-refractivity contribution in [3.63, 3.8) is 0 Å². The first-order chi connectivity index (χ1) is 11.8. The second-order valence-corrected chi connectivity index (χ2v) is 8.57. The minimum Gasteiger partial charge on any atom is -0.349 e. The van der Waals surface area contributed by atoms with E-state index in [1.807, 2.05) is 11.6 Å². The third-order valence-electron chi connectivity index (χ3n) is 4.71. The lowest BCUT2D eigenvalue weighted by Crippen LogP contribution is -2.27. The van der Waals surface area contributed by atoms with Gasteiger partial charge in [-0.1, -0.05) is 0 Å². The predicted molar refractivity (Wildman–Crippen MR) is 95.7 cm³/mol. The number of carbonyl (C=O) groups excluding carboxylic acids is 1. The molecule has 0 saturated carbocycles. The van der Waals surface area contributed by atoms with Crippen LogP contribution in [-0.4, -0.2) is 60.3 Å². The van der Waals surface area contributed by atoms with E-state index in [1.54, 1.807) is 37.2 Å². The normalized spacial score (nSPS) is 15.8. The van der Waals surface area contributed by atoms with E-state index in [0.717, 1.165) is 24.2 Å². The van der Waals surface area contributed by atoms with Gasteiger partial charge in [-0.15, -0.1) is 0 Å². The number of sulfonamides is 1. The van der Waals surface area contributed by atoms with Crippen molar-refractivity contribution in [3.05, 3.63) is 24.0 Å². The van der Waals surface area contributed by atoms with E-state index in [2.05, 4.69) is 4.98 Å². The summed E-state index contributed by atoms with van der Waals surface area (Å²) in [6, 6.07) is 5.08. The molecule has 2 aromatic rings. The number of hydrogen-bond acceptors (Lipinski definition) is 4. The highest BCUT2D eigenvalue weighted by molar-refractivity contribution is 7.89. The molecule has 0 radical (unpaired) electrons. The molecule has 0 aliphatic carbocycles. The van der Waals surface area contributed by atoms with E-state index in [9.17, 15) is 13.2 Å². The van der Waals surface area contributed by atoms with Gasteiger partial charge in [-0.2, -0.15) is 4.31 Å². The Labute approximate surface area is 148 Å². The van der Waals surface area contributed by atoms with Crippen molar-refractivity contribution in [1.29, 1.82) is 0 Å². The molecular formula is C17H24N4O3S. The summed E-state index contributed by atoms with van der Waals surface area (Å²) in [5, 5.41) is 0. The molecule has 0 unspecified atom stereocenters. The minimum atomic E-state index is -3.45. The number of benzene rings is 1. The van der Waals surface area contributed by atoms with Gasteiger partial charge >= 0.3 is 0 Å². The fraction of sp³-hybridized carbons (Fsp3) is 0.529. The summed E-state index contributed by atoms with van der Waals surface area (Å²) in [6.07, 6.45) is 2.73. The molecule has 1 fully saturated rings. The topological polar surface area (TPSA) is 75.5 Å². The molecule has 0 spiro atoms. The molecule has 1 saturated heterocycles. The van der Waals surface area contributed by atoms with Crippen molar-refractivity contribution in [2.45, 2.75) is 30.6 Å². The van der Waals surface area contributed by atoms with E-state index < -0.39 is 10.0 Å². The average molecular weight is 364 g/mol. The largest absolute Gasteiger partial charge is 0.349 e. The lowest BCUT2D eigenvalue weighted by Gasteiger charge is -2.15. The van der Waals surface area contributed by atoms with Gasteiger partial charge in [0.05, 0.1) is 15.9 Å². The first-order valence-electron chi connectivity index (χ1n) is 8.46. The van der Waals surface area contributed by atoms with Crippen LogP contribution in [0.1, 0.15) is 25.1 Å². The van der Waals surface area contributed by atoms with Gasteiger partial charge < -0.3 is 9.47 Å². The molecule has 1 aliphatic rings. The van der Waals surface area contributed by atoms with Crippen molar-refractivity contribution in [2.24, 2.45) is 7.05 Å². The number of nitrogens with zero attached hydrogens (tertiary/aromatic N) is 4. The van der Waals surface area contributed by atoms with Crippen LogP contribution < -0.4 is 0 Å². The maximum atomic E-state index is 12.7. The summed E-state index contributed by atoms with van der Waals surface area (Å²) in [5.74, 6) is 0.824. The second kappa shape index (κ2) is 6.76. The Morgan fingerprint density at radius 3 is 2.56 bits per heavy atom. The lowest BCUT2D eigenvalue weighted by atomic mass is 10.2. The molecule has 2 heterocycles. The Morgan fingerprint density at radius 2 is 1.92 bits per heavy atom. The zero-order chi connectivity index (χ0) is 18.2. The molecule has 1 aliphatic heterocycles. The Balaban J connectivity index is 1.89. The van der Waals surface area contributed by atoms with Gasteiger partial charge in [0, 0.05) is 47.1 Å². The van der Waals surface area contributed by atoms with Gasteiger partial charge in [0.1, 0.15) is 5.82 Å². The van der Waals surface area contributed by atoms with Crippen LogP contribution in [-0.2, 0) is 28.3 Å². The van der Waals surface area contributed by atoms with Crippen molar-refractivity contribution < 1.29 is 13.2 Å². The van der Waals surface area contributed by atoms with E-state index in [1.165, 1.54) is 4.31 Å². The summed E-state index contributed by atoms with van der Waals surface area (Å²) < 4.78 is 28.9. The molecule has 25 heavy (non-hydrogen) atoms. The SMILES string of the molecule is CN(C)C(=O)CCc1nc2cc(S(=O)(=O)N3CCCC3)ccc2n1C. The number of rotatable bonds is 5. The molecule has 0 bridgehead atoms. The van der Waals surface area contributed by atoms with Crippen LogP contribution in [0.15, 0.2) is 23.1 Å². The fourth-order valence-electron chi connectivity index (χ4n) is 3.13. The number of aryl methyl sites for hydroxylation is 2. The van der Waals surface area contributed by atoms with Crippen molar-refractivity contribution in [3.8, 4) is 0 Å². The first-order valence-corrected chi connectivity index (χ1v) is 9.90. The highest BCUT2D eigenvalue weighted by Crippen LogP contribution is 2.25. The number of fused-ring (bicyclic) bond motifs is 1. The molecule has 1 aromatic heterocycles. The predicted octanol–water partition coefficient (Wildman–Crippen LogP) is 1.38. The van der Waals surface area contributed by atoms with Gasteiger partial charge in [-0.25, -0.2) is 13.4 Å². The molecule has 8 heteroatoms. The lowest BCUT2D eigenvalue weighted by molar-refractivity contribution is -0.128. The molecule has 0 N–H and O–H groups in total. The van der Waals surface area contributed by atoms with Crippen molar-refractivity contribution >= 4 is 27.0 Å². The van der Waals surface area contributed by atoms with Crippen LogP contribution in [0.2, 0.25) is 0 Å². The van der Waals surface area contributed by atoms with Crippen LogP contribution in [0.4, 0.5) is 0 Å². The summed E-state index contributed by atoms with van der Waals surface area (Å²) >= 11 is 0. The number of hydrogen-bond donors (Lipinski definition) is 0. The number of amides is 1. The van der Waals surface area contributed by atoms with Crippen LogP contribution in [0, 0.1) is 0 Å². The monoisotopic (exact) mass is 364 g/mol. The second-order valence-electron chi connectivity index (χ2n) is 6.64. The average Bonchev–Trinajstić information content (AvgIpc) is 3.21. The number of carbonyl (C=O) groups is 1. The highest BCUT2D eigenvalue weighted by Gasteiger charge is 2.27. The molecule has 7 nitrogen and oxygen atoms in total. The molecule has 3 rings (SSSR count). The van der Waals surface area contributed by atoms with Crippen molar-refractivity contribution in [1.82, 2.24) is 18.8 Å². The van der Waals surface area contributed by atoms with Gasteiger partial charge in [0.15, 0.2) is 0 Å². The maximum Gasteiger partial charge on any atom is 0.243 e. The molecular weight excluding hydrogens is 340 g/mol. The number of imidazole rings is 1. The summed E-state index contributed by atoms with van der Waals surface area (Å²) in [4.78, 5) is 18.2. The summed E-state index contributed by atoms with van der Waals surface area (Å²) in [5.41, 5.74) is 1.52. The van der Waals surface area contributed by atoms with Gasteiger partial charge in [0.25, 0.3) is 0 Å². The molecule has 0 atom stereocenters. The Morgan fingerprint density at radius 1 is 1.24 bits per heavy atom. The minimum absolute atomic E-state index is 0.0457. The quantitative estimate of drug-likeness (QED) is 0.803. The van der Waals surface area contributed by atoms with Gasteiger partial charge in [0.2, 0.25) is 15.9 Å². The Bertz CT molecular complexity index is 896. The van der Waals surface area contributed by atoms with Crippen LogP contribution in [0.25, 0.3) is 11.0 Å². The van der Waals surface area contributed by atoms with E-state index in [0.29, 0.717) is 31.4 Å². The third-order valence-corrected chi connectivity index (χ3v) is 6.60. The van der Waals surface area contributed by atoms with E-state index >= 15 is 0 Å². The Kier molecular flexibility index (Phi) is 4.83. The van der Waals surface area contributed by atoms with Gasteiger partial charge in [-0.3, -0.25) is 4.79 Å². The molecule has 1 amide bonds. The van der Waals surface area contributed by atoms with Crippen LogP contribution in [0.5, 0.6) is 0 Å². The zero-order valence-corrected chi connectivity index (χ0v) is 15.7. The molecule has 136 valence electrons. The highest BCUT2D eigenvalue weighted by atomic mass is 32.2. The summed E-state index contributed by atoms with van der Waals surface area (Å²) in [6.45, 7) is 1.17. The standard InChI is InChI=1S/C17H24N4O3S/c1-19(2)17(22)9-8-16-18-14-12-13(6-7-15(14)20(16)3)25(23,24)21-10-4-5-11-21/h6-7,12H,4-5,8-11H2,1-3H3. The maximum absolute atomic E-state index is 12.7. The van der Waals surface area contributed by atoms with Gasteiger partial charge in [-0.05, 0) is 31.0 Å². The van der Waals surface area contributed by atoms with E-state index in [-0.39, 0.29) is 10.8 Å². The van der Waals surface area contributed by atoms with Crippen molar-refractivity contribution in [2.75, 3.05) is 27.2 Å². The van der Waals surface area contributed by atoms with E-state index in [4.69, 9.17) is 0 Å². The first kappa shape index (κ1) is 17.9.